The monoisotopic (exact) mass is 419 g/mol. The zero-order valence-corrected chi connectivity index (χ0v) is 17.2. The van der Waals surface area contributed by atoms with Gasteiger partial charge < -0.3 is 19.9 Å². The Balaban J connectivity index is 0.00000240. The molecule has 2 aliphatic rings. The van der Waals surface area contributed by atoms with Crippen molar-refractivity contribution in [2.75, 3.05) is 37.8 Å². The van der Waals surface area contributed by atoms with Gasteiger partial charge in [0.15, 0.2) is 0 Å². The number of nitrogens with zero attached hydrogens (tertiary/aromatic N) is 2. The second-order valence-corrected chi connectivity index (χ2v) is 7.46. The third-order valence-corrected chi connectivity index (χ3v) is 5.79. The molecule has 4 rings (SSSR count). The Morgan fingerprint density at radius 2 is 1.72 bits per heavy atom. The maximum atomic E-state index is 12.9. The van der Waals surface area contributed by atoms with E-state index < -0.39 is 5.54 Å². The van der Waals surface area contributed by atoms with Crippen LogP contribution in [0.2, 0.25) is 0 Å². The zero-order chi connectivity index (χ0) is 19.4. The van der Waals surface area contributed by atoms with E-state index >= 15 is 0 Å². The number of anilines is 1. The fourth-order valence-electron chi connectivity index (χ4n) is 4.19. The van der Waals surface area contributed by atoms with Crippen molar-refractivity contribution < 1.29 is 13.9 Å². The summed E-state index contributed by atoms with van der Waals surface area (Å²) in [5.74, 6) is 0.589. The molecule has 0 aliphatic carbocycles. The van der Waals surface area contributed by atoms with Crippen LogP contribution in [0.4, 0.5) is 10.1 Å². The van der Waals surface area contributed by atoms with E-state index in [1.807, 2.05) is 18.2 Å². The van der Waals surface area contributed by atoms with Crippen molar-refractivity contribution in [2.24, 2.45) is 0 Å². The summed E-state index contributed by atoms with van der Waals surface area (Å²) in [6.45, 7) is 3.91. The lowest BCUT2D eigenvalue weighted by Crippen LogP contribution is -2.56. The zero-order valence-electron chi connectivity index (χ0n) is 16.4. The molecule has 1 amide bonds. The smallest absolute Gasteiger partial charge is 0.247 e. The van der Waals surface area contributed by atoms with E-state index in [0.717, 1.165) is 44.6 Å². The molecule has 0 unspecified atom stereocenters. The van der Waals surface area contributed by atoms with E-state index in [9.17, 15) is 9.18 Å². The summed E-state index contributed by atoms with van der Waals surface area (Å²) in [6, 6.07) is 16.3. The highest BCUT2D eigenvalue weighted by atomic mass is 35.5. The Labute approximate surface area is 177 Å². The average Bonchev–Trinajstić information content (AvgIpc) is 3.04. The van der Waals surface area contributed by atoms with Crippen LogP contribution in [0.15, 0.2) is 54.6 Å². The van der Waals surface area contributed by atoms with Gasteiger partial charge in [0.25, 0.3) is 0 Å². The summed E-state index contributed by atoms with van der Waals surface area (Å²) in [5.41, 5.74) is 0.671. The lowest BCUT2D eigenvalue weighted by Gasteiger charge is -2.43. The minimum absolute atomic E-state index is 0. The van der Waals surface area contributed by atoms with Crippen LogP contribution in [0.3, 0.4) is 0 Å². The number of benzene rings is 2. The average molecular weight is 420 g/mol. The number of rotatable bonds is 6. The van der Waals surface area contributed by atoms with Gasteiger partial charge in [-0.2, -0.15) is 0 Å². The molecule has 1 N–H and O–H groups in total. The first-order valence-electron chi connectivity index (χ1n) is 9.89. The van der Waals surface area contributed by atoms with Crippen molar-refractivity contribution >= 4 is 24.0 Å². The molecule has 2 saturated heterocycles. The molecule has 0 bridgehead atoms. The van der Waals surface area contributed by atoms with Gasteiger partial charge in [0, 0.05) is 25.3 Å². The van der Waals surface area contributed by atoms with Gasteiger partial charge in [-0.15, -0.1) is 12.4 Å². The summed E-state index contributed by atoms with van der Waals surface area (Å²) < 4.78 is 18.6. The van der Waals surface area contributed by atoms with Crippen LogP contribution in [0, 0.1) is 5.82 Å². The summed E-state index contributed by atoms with van der Waals surface area (Å²) in [5, 5.41) is 3.04. The molecule has 0 aromatic heterocycles. The molecule has 0 saturated carbocycles. The Morgan fingerprint density at radius 1 is 1.03 bits per heavy atom. The standard InChI is InChI=1S/C22H26FN3O2.ClH/c23-18-7-9-20(10-8-18)28-16-4-13-25-14-11-22(12-15-25)21(27)24-17-26(22)19-5-2-1-3-6-19;/h1-3,5-10H,4,11-17H2,(H,24,27);1H. The third kappa shape index (κ3) is 4.65. The van der Waals surface area contributed by atoms with E-state index in [-0.39, 0.29) is 24.1 Å². The molecule has 5 nitrogen and oxygen atoms in total. The molecule has 7 heteroatoms. The molecule has 0 radical (unpaired) electrons. The molecular formula is C22H27ClFN3O2. The highest BCUT2D eigenvalue weighted by Crippen LogP contribution is 2.36. The van der Waals surface area contributed by atoms with Gasteiger partial charge in [-0.3, -0.25) is 4.79 Å². The van der Waals surface area contributed by atoms with E-state index in [4.69, 9.17) is 4.74 Å². The van der Waals surface area contributed by atoms with Crippen LogP contribution in [0.25, 0.3) is 0 Å². The van der Waals surface area contributed by atoms with Crippen LogP contribution < -0.4 is 15.0 Å². The molecule has 2 heterocycles. The summed E-state index contributed by atoms with van der Waals surface area (Å²) in [7, 11) is 0. The van der Waals surface area contributed by atoms with E-state index in [1.54, 1.807) is 12.1 Å². The van der Waals surface area contributed by atoms with Crippen LogP contribution in [-0.2, 0) is 4.79 Å². The maximum absolute atomic E-state index is 12.9. The van der Waals surface area contributed by atoms with Crippen LogP contribution in [-0.4, -0.2) is 49.3 Å². The SMILES string of the molecule is Cl.O=C1NCN(c2ccccc2)C12CCN(CCCOc1ccc(F)cc1)CC2. The molecule has 29 heavy (non-hydrogen) atoms. The lowest BCUT2D eigenvalue weighted by atomic mass is 9.85. The molecule has 2 aromatic carbocycles. The Hall–Kier alpha value is -2.31. The number of nitrogens with one attached hydrogen (secondary N) is 1. The minimum atomic E-state index is -0.428. The van der Waals surface area contributed by atoms with E-state index in [2.05, 4.69) is 27.2 Å². The van der Waals surface area contributed by atoms with Gasteiger partial charge in [-0.05, 0) is 55.7 Å². The third-order valence-electron chi connectivity index (χ3n) is 5.79. The van der Waals surface area contributed by atoms with Crippen molar-refractivity contribution in [1.29, 1.82) is 0 Å². The number of halogens is 2. The number of likely N-dealkylation sites (tertiary alicyclic amines) is 1. The number of piperidine rings is 1. The molecule has 1 spiro atoms. The quantitative estimate of drug-likeness (QED) is 0.728. The van der Waals surface area contributed by atoms with Gasteiger partial charge in [-0.25, -0.2) is 4.39 Å². The predicted molar refractivity (Wildman–Crippen MR) is 114 cm³/mol. The first-order valence-corrected chi connectivity index (χ1v) is 9.89. The Bertz CT molecular complexity index is 795. The first-order chi connectivity index (χ1) is 13.7. The van der Waals surface area contributed by atoms with Crippen molar-refractivity contribution in [3.05, 3.63) is 60.4 Å². The number of ether oxygens (including phenoxy) is 1. The number of hydrogen-bond acceptors (Lipinski definition) is 4. The first kappa shape index (κ1) is 21.4. The molecule has 2 aromatic rings. The summed E-state index contributed by atoms with van der Waals surface area (Å²) in [4.78, 5) is 17.3. The van der Waals surface area contributed by atoms with Crippen LogP contribution >= 0.6 is 12.4 Å². The highest BCUT2D eigenvalue weighted by molar-refractivity contribution is 5.93. The second-order valence-electron chi connectivity index (χ2n) is 7.46. The number of para-hydroxylation sites is 1. The van der Waals surface area contributed by atoms with Gasteiger partial charge in [-0.1, -0.05) is 18.2 Å². The van der Waals surface area contributed by atoms with Gasteiger partial charge in [0.1, 0.15) is 17.1 Å². The maximum Gasteiger partial charge on any atom is 0.247 e. The number of hydrogen-bond donors (Lipinski definition) is 1. The second kappa shape index (κ2) is 9.46. The van der Waals surface area contributed by atoms with Crippen LogP contribution in [0.5, 0.6) is 5.75 Å². The van der Waals surface area contributed by atoms with Crippen LogP contribution in [0.1, 0.15) is 19.3 Å². The molecule has 2 aliphatic heterocycles. The summed E-state index contributed by atoms with van der Waals surface area (Å²) in [6.07, 6.45) is 2.55. The Kier molecular flexibility index (Phi) is 6.98. The lowest BCUT2D eigenvalue weighted by molar-refractivity contribution is -0.125. The highest BCUT2D eigenvalue weighted by Gasteiger charge is 2.50. The minimum Gasteiger partial charge on any atom is -0.494 e. The molecule has 0 atom stereocenters. The number of carbonyl (C=O) groups excluding carboxylic acids is 1. The molecule has 156 valence electrons. The van der Waals surface area contributed by atoms with Crippen molar-refractivity contribution in [1.82, 2.24) is 10.2 Å². The largest absolute Gasteiger partial charge is 0.494 e. The number of carbonyl (C=O) groups is 1. The predicted octanol–water partition coefficient (Wildman–Crippen LogP) is 3.44. The van der Waals surface area contributed by atoms with Gasteiger partial charge >= 0.3 is 0 Å². The fourth-order valence-corrected chi connectivity index (χ4v) is 4.19. The summed E-state index contributed by atoms with van der Waals surface area (Å²) >= 11 is 0. The van der Waals surface area contributed by atoms with Crippen molar-refractivity contribution in [3.8, 4) is 5.75 Å². The topological polar surface area (TPSA) is 44.8 Å². The molecule has 2 fully saturated rings. The van der Waals surface area contributed by atoms with Gasteiger partial charge in [0.05, 0.1) is 13.3 Å². The molecular weight excluding hydrogens is 393 g/mol. The van der Waals surface area contributed by atoms with E-state index in [1.165, 1.54) is 12.1 Å². The van der Waals surface area contributed by atoms with Gasteiger partial charge in [0.2, 0.25) is 5.91 Å². The normalized spacial score (nSPS) is 18.4. The Morgan fingerprint density at radius 3 is 2.41 bits per heavy atom. The van der Waals surface area contributed by atoms with E-state index in [0.29, 0.717) is 19.0 Å². The number of amides is 1. The van der Waals surface area contributed by atoms with Crippen molar-refractivity contribution in [2.45, 2.75) is 24.8 Å². The fraction of sp³-hybridized carbons (Fsp3) is 0.409. The van der Waals surface area contributed by atoms with Crippen molar-refractivity contribution in [3.63, 3.8) is 0 Å².